The quantitative estimate of drug-likeness (QED) is 0.582. The highest BCUT2D eigenvalue weighted by Crippen LogP contribution is 2.27. The predicted octanol–water partition coefficient (Wildman–Crippen LogP) is 1.03. The number of amides is 3. The van der Waals surface area contributed by atoms with Crippen LogP contribution in [0.15, 0.2) is 24.3 Å². The van der Waals surface area contributed by atoms with Gasteiger partial charge in [-0.1, -0.05) is 32.9 Å². The van der Waals surface area contributed by atoms with E-state index in [4.69, 9.17) is 0 Å². The van der Waals surface area contributed by atoms with Gasteiger partial charge in [0.15, 0.2) is 0 Å². The van der Waals surface area contributed by atoms with Crippen molar-refractivity contribution in [3.63, 3.8) is 0 Å². The molecule has 1 unspecified atom stereocenters. The summed E-state index contributed by atoms with van der Waals surface area (Å²) in [5.74, 6) is -1.26. The van der Waals surface area contributed by atoms with E-state index in [-0.39, 0.29) is 11.8 Å². The normalized spacial score (nSPS) is 15.0. The van der Waals surface area contributed by atoms with Crippen molar-refractivity contribution in [2.24, 2.45) is 5.92 Å². The van der Waals surface area contributed by atoms with E-state index in [1.54, 1.807) is 24.3 Å². The Bertz CT molecular complexity index is 578. The summed E-state index contributed by atoms with van der Waals surface area (Å²) in [7, 11) is 0. The average molecular weight is 317 g/mol. The highest BCUT2D eigenvalue weighted by molar-refractivity contribution is 6.22. The van der Waals surface area contributed by atoms with Crippen LogP contribution in [-0.2, 0) is 4.79 Å². The van der Waals surface area contributed by atoms with Crippen molar-refractivity contribution in [3.8, 4) is 0 Å². The standard InChI is InChI=1S/C17H23N3O3/c1-4-18-9-10-19-15(21)14(11(2)3)20-16(22)12-7-5-6-8-13(12)17(20)23/h5-8,11,14,18H,4,9-10H2,1-3H3,(H,19,21). The largest absolute Gasteiger partial charge is 0.353 e. The number of carbonyl (C=O) groups excluding carboxylic acids is 3. The molecule has 0 bridgehead atoms. The molecule has 1 heterocycles. The van der Waals surface area contributed by atoms with Crippen molar-refractivity contribution in [3.05, 3.63) is 35.4 Å². The Kier molecular flexibility index (Phi) is 5.50. The molecule has 0 spiro atoms. The second-order valence-corrected chi connectivity index (χ2v) is 5.86. The van der Waals surface area contributed by atoms with Crippen LogP contribution in [0.2, 0.25) is 0 Å². The lowest BCUT2D eigenvalue weighted by Crippen LogP contribution is -2.53. The number of rotatable bonds is 7. The second-order valence-electron chi connectivity index (χ2n) is 5.86. The maximum Gasteiger partial charge on any atom is 0.262 e. The first-order chi connectivity index (χ1) is 11.0. The number of hydrogen-bond acceptors (Lipinski definition) is 4. The van der Waals surface area contributed by atoms with E-state index < -0.39 is 17.9 Å². The third-order valence-corrected chi connectivity index (χ3v) is 3.85. The fourth-order valence-corrected chi connectivity index (χ4v) is 2.73. The van der Waals surface area contributed by atoms with Gasteiger partial charge in [0.1, 0.15) is 6.04 Å². The number of carbonyl (C=O) groups is 3. The first-order valence-electron chi connectivity index (χ1n) is 7.94. The summed E-state index contributed by atoms with van der Waals surface area (Å²) >= 11 is 0. The lowest BCUT2D eigenvalue weighted by Gasteiger charge is -2.28. The van der Waals surface area contributed by atoms with Gasteiger partial charge in [0.2, 0.25) is 5.91 Å². The zero-order chi connectivity index (χ0) is 17.0. The Morgan fingerprint density at radius 3 is 2.13 bits per heavy atom. The maximum absolute atomic E-state index is 12.5. The SMILES string of the molecule is CCNCCNC(=O)C(C(C)C)N1C(=O)c2ccccc2C1=O. The summed E-state index contributed by atoms with van der Waals surface area (Å²) in [5, 5.41) is 5.91. The van der Waals surface area contributed by atoms with Gasteiger partial charge in [-0.3, -0.25) is 19.3 Å². The minimum Gasteiger partial charge on any atom is -0.353 e. The maximum atomic E-state index is 12.5. The van der Waals surface area contributed by atoms with Crippen LogP contribution < -0.4 is 10.6 Å². The van der Waals surface area contributed by atoms with E-state index in [9.17, 15) is 14.4 Å². The zero-order valence-electron chi connectivity index (χ0n) is 13.8. The van der Waals surface area contributed by atoms with Crippen LogP contribution in [0, 0.1) is 5.92 Å². The third-order valence-electron chi connectivity index (χ3n) is 3.85. The van der Waals surface area contributed by atoms with Crippen molar-refractivity contribution in [1.29, 1.82) is 0 Å². The molecule has 124 valence electrons. The van der Waals surface area contributed by atoms with Crippen LogP contribution in [0.5, 0.6) is 0 Å². The second kappa shape index (κ2) is 7.37. The van der Waals surface area contributed by atoms with Gasteiger partial charge in [-0.25, -0.2) is 0 Å². The van der Waals surface area contributed by atoms with Crippen LogP contribution in [-0.4, -0.2) is 48.3 Å². The van der Waals surface area contributed by atoms with Crippen molar-refractivity contribution < 1.29 is 14.4 Å². The fourth-order valence-electron chi connectivity index (χ4n) is 2.73. The molecular weight excluding hydrogens is 294 g/mol. The Balaban J connectivity index is 2.18. The molecule has 2 rings (SSSR count). The number of nitrogens with zero attached hydrogens (tertiary/aromatic N) is 1. The van der Waals surface area contributed by atoms with Crippen LogP contribution in [0.4, 0.5) is 0 Å². The molecule has 1 aromatic carbocycles. The Labute approximate surface area is 136 Å². The predicted molar refractivity (Wildman–Crippen MR) is 87.1 cm³/mol. The van der Waals surface area contributed by atoms with Crippen LogP contribution in [0.1, 0.15) is 41.5 Å². The number of nitrogens with one attached hydrogen (secondary N) is 2. The molecule has 23 heavy (non-hydrogen) atoms. The van der Waals surface area contributed by atoms with Gasteiger partial charge in [-0.2, -0.15) is 0 Å². The highest BCUT2D eigenvalue weighted by Gasteiger charge is 2.43. The number of benzene rings is 1. The van der Waals surface area contributed by atoms with E-state index in [2.05, 4.69) is 10.6 Å². The third kappa shape index (κ3) is 3.42. The Morgan fingerprint density at radius 2 is 1.65 bits per heavy atom. The molecule has 0 radical (unpaired) electrons. The number of likely N-dealkylation sites (N-methyl/N-ethyl adjacent to an activating group) is 1. The van der Waals surface area contributed by atoms with Crippen molar-refractivity contribution in [2.75, 3.05) is 19.6 Å². The molecular formula is C17H23N3O3. The Morgan fingerprint density at radius 1 is 1.09 bits per heavy atom. The van der Waals surface area contributed by atoms with E-state index >= 15 is 0 Å². The lowest BCUT2D eigenvalue weighted by molar-refractivity contribution is -0.126. The molecule has 1 aliphatic heterocycles. The summed E-state index contributed by atoms with van der Waals surface area (Å²) in [6.07, 6.45) is 0. The lowest BCUT2D eigenvalue weighted by atomic mass is 10.0. The van der Waals surface area contributed by atoms with Gasteiger partial charge >= 0.3 is 0 Å². The summed E-state index contributed by atoms with van der Waals surface area (Å²) in [6, 6.07) is 5.87. The molecule has 1 aromatic rings. The minimum atomic E-state index is -0.802. The topological polar surface area (TPSA) is 78.5 Å². The van der Waals surface area contributed by atoms with Gasteiger partial charge in [0.05, 0.1) is 11.1 Å². The minimum absolute atomic E-state index is 0.170. The van der Waals surface area contributed by atoms with Crippen molar-refractivity contribution in [1.82, 2.24) is 15.5 Å². The molecule has 6 nitrogen and oxygen atoms in total. The number of imide groups is 1. The summed E-state index contributed by atoms with van der Waals surface area (Å²) in [5.41, 5.74) is 0.729. The molecule has 0 aliphatic carbocycles. The molecule has 1 aliphatic rings. The average Bonchev–Trinajstić information content (AvgIpc) is 2.77. The van der Waals surface area contributed by atoms with E-state index in [0.29, 0.717) is 24.2 Å². The van der Waals surface area contributed by atoms with Crippen LogP contribution in [0.25, 0.3) is 0 Å². The van der Waals surface area contributed by atoms with E-state index in [1.165, 1.54) is 0 Å². The number of fused-ring (bicyclic) bond motifs is 1. The monoisotopic (exact) mass is 317 g/mol. The van der Waals surface area contributed by atoms with Crippen molar-refractivity contribution in [2.45, 2.75) is 26.8 Å². The molecule has 2 N–H and O–H groups in total. The van der Waals surface area contributed by atoms with Gasteiger partial charge in [-0.05, 0) is 24.6 Å². The van der Waals surface area contributed by atoms with Gasteiger partial charge in [0.25, 0.3) is 11.8 Å². The fraction of sp³-hybridized carbons (Fsp3) is 0.471. The van der Waals surface area contributed by atoms with Gasteiger partial charge in [-0.15, -0.1) is 0 Å². The van der Waals surface area contributed by atoms with Gasteiger partial charge in [0, 0.05) is 13.1 Å². The molecule has 0 fully saturated rings. The van der Waals surface area contributed by atoms with Gasteiger partial charge < -0.3 is 10.6 Å². The smallest absolute Gasteiger partial charge is 0.262 e. The molecule has 3 amide bonds. The summed E-state index contributed by atoms with van der Waals surface area (Å²) in [6.45, 7) is 7.57. The summed E-state index contributed by atoms with van der Waals surface area (Å²) < 4.78 is 0. The van der Waals surface area contributed by atoms with E-state index in [1.807, 2.05) is 20.8 Å². The van der Waals surface area contributed by atoms with E-state index in [0.717, 1.165) is 11.4 Å². The zero-order valence-corrected chi connectivity index (χ0v) is 13.8. The molecule has 0 saturated heterocycles. The Hall–Kier alpha value is -2.21. The summed E-state index contributed by atoms with van der Waals surface area (Å²) in [4.78, 5) is 38.7. The first-order valence-corrected chi connectivity index (χ1v) is 7.94. The highest BCUT2D eigenvalue weighted by atomic mass is 16.2. The molecule has 0 saturated carbocycles. The molecule has 1 atom stereocenters. The number of hydrogen-bond donors (Lipinski definition) is 2. The molecule has 6 heteroatoms. The molecule has 0 aromatic heterocycles. The van der Waals surface area contributed by atoms with Crippen LogP contribution >= 0.6 is 0 Å². The van der Waals surface area contributed by atoms with Crippen molar-refractivity contribution >= 4 is 17.7 Å². The first kappa shape index (κ1) is 17.1. The van der Waals surface area contributed by atoms with Crippen LogP contribution in [0.3, 0.4) is 0 Å².